The first-order chi connectivity index (χ1) is 8.41. The van der Waals surface area contributed by atoms with Gasteiger partial charge in [0.25, 0.3) is 6.47 Å². The van der Waals surface area contributed by atoms with Crippen molar-refractivity contribution in [1.82, 2.24) is 0 Å². The van der Waals surface area contributed by atoms with Gasteiger partial charge in [0.1, 0.15) is 0 Å². The van der Waals surface area contributed by atoms with Crippen molar-refractivity contribution in [2.24, 2.45) is 0 Å². The summed E-state index contributed by atoms with van der Waals surface area (Å²) in [6, 6.07) is 0. The molecule has 0 bridgehead atoms. The van der Waals surface area contributed by atoms with Crippen LogP contribution >= 0.6 is 0 Å². The van der Waals surface area contributed by atoms with Crippen LogP contribution in [0.4, 0.5) is 0 Å². The molecule has 0 aliphatic carbocycles. The molecule has 0 aromatic carbocycles. The zero-order valence-electron chi connectivity index (χ0n) is 11.3. The van der Waals surface area contributed by atoms with Gasteiger partial charge in [0, 0.05) is 0 Å². The van der Waals surface area contributed by atoms with Crippen LogP contribution in [-0.2, 0) is 9.53 Å². The maximum absolute atomic E-state index is 9.88. The zero-order valence-corrected chi connectivity index (χ0v) is 11.3. The Hall–Kier alpha value is -0.790. The smallest absolute Gasteiger partial charge is 0.293 e. The molecule has 0 aromatic rings. The van der Waals surface area contributed by atoms with Gasteiger partial charge in [-0.2, -0.15) is 0 Å². The lowest BCUT2D eigenvalue weighted by atomic mass is 10.1. The zero-order chi connectivity index (χ0) is 12.6. The third-order valence-electron chi connectivity index (χ3n) is 2.85. The number of allylic oxidation sites excluding steroid dienone is 2. The van der Waals surface area contributed by atoms with E-state index in [2.05, 4.69) is 23.8 Å². The van der Waals surface area contributed by atoms with Crippen LogP contribution in [0.1, 0.15) is 71.1 Å². The Morgan fingerprint density at radius 2 is 1.41 bits per heavy atom. The molecular weight excluding hydrogens is 212 g/mol. The SMILES string of the molecule is CC/C=C\CCCCCCCCCCOC=O. The van der Waals surface area contributed by atoms with Crippen molar-refractivity contribution in [3.63, 3.8) is 0 Å². The summed E-state index contributed by atoms with van der Waals surface area (Å²) in [5, 5.41) is 0. The molecule has 0 amide bonds. The van der Waals surface area contributed by atoms with E-state index in [1.54, 1.807) is 0 Å². The minimum Gasteiger partial charge on any atom is -0.468 e. The minimum atomic E-state index is 0.535. The van der Waals surface area contributed by atoms with E-state index < -0.39 is 0 Å². The predicted molar refractivity (Wildman–Crippen MR) is 73.0 cm³/mol. The lowest BCUT2D eigenvalue weighted by molar-refractivity contribution is -0.128. The highest BCUT2D eigenvalue weighted by atomic mass is 16.5. The van der Waals surface area contributed by atoms with E-state index in [0.717, 1.165) is 12.8 Å². The summed E-state index contributed by atoms with van der Waals surface area (Å²) in [7, 11) is 0. The maximum atomic E-state index is 9.88. The molecule has 0 saturated carbocycles. The summed E-state index contributed by atoms with van der Waals surface area (Å²) in [5.74, 6) is 0. The molecule has 0 saturated heterocycles. The molecule has 0 rings (SSSR count). The van der Waals surface area contributed by atoms with Crippen molar-refractivity contribution in [1.29, 1.82) is 0 Å². The second-order valence-corrected chi connectivity index (χ2v) is 4.46. The lowest BCUT2D eigenvalue weighted by Crippen LogP contribution is -1.91. The van der Waals surface area contributed by atoms with Crippen molar-refractivity contribution in [2.45, 2.75) is 71.1 Å². The van der Waals surface area contributed by atoms with Crippen molar-refractivity contribution in [2.75, 3.05) is 6.61 Å². The topological polar surface area (TPSA) is 26.3 Å². The van der Waals surface area contributed by atoms with Gasteiger partial charge >= 0.3 is 0 Å². The molecule has 2 nitrogen and oxygen atoms in total. The Kier molecular flexibility index (Phi) is 14.5. The summed E-state index contributed by atoms with van der Waals surface area (Å²) in [6.07, 6.45) is 17.2. The molecule has 0 fully saturated rings. The molecule has 0 spiro atoms. The van der Waals surface area contributed by atoms with Crippen LogP contribution in [0.2, 0.25) is 0 Å². The molecule has 100 valence electrons. The summed E-state index contributed by atoms with van der Waals surface area (Å²) in [6.45, 7) is 3.30. The fraction of sp³-hybridized carbons (Fsp3) is 0.800. The van der Waals surface area contributed by atoms with Crippen LogP contribution in [0.5, 0.6) is 0 Å². The molecule has 0 aromatic heterocycles. The Balaban J connectivity index is 2.93. The normalized spacial score (nSPS) is 10.9. The third-order valence-corrected chi connectivity index (χ3v) is 2.85. The van der Waals surface area contributed by atoms with Crippen LogP contribution in [0.25, 0.3) is 0 Å². The molecule has 0 aliphatic rings. The summed E-state index contributed by atoms with van der Waals surface area (Å²) in [5.41, 5.74) is 0. The number of rotatable bonds is 13. The molecule has 0 N–H and O–H groups in total. The Labute approximate surface area is 106 Å². The second kappa shape index (κ2) is 15.2. The second-order valence-electron chi connectivity index (χ2n) is 4.46. The van der Waals surface area contributed by atoms with E-state index >= 15 is 0 Å². The highest BCUT2D eigenvalue weighted by Gasteiger charge is 1.92. The van der Waals surface area contributed by atoms with Crippen LogP contribution in [0, 0.1) is 0 Å². The highest BCUT2D eigenvalue weighted by Crippen LogP contribution is 2.10. The molecule has 0 radical (unpaired) electrons. The molecule has 0 aliphatic heterocycles. The Morgan fingerprint density at radius 3 is 2.00 bits per heavy atom. The van der Waals surface area contributed by atoms with E-state index in [-0.39, 0.29) is 0 Å². The lowest BCUT2D eigenvalue weighted by Gasteiger charge is -2.01. The molecule has 0 heterocycles. The summed E-state index contributed by atoms with van der Waals surface area (Å²) in [4.78, 5) is 9.88. The fourth-order valence-corrected chi connectivity index (χ4v) is 1.84. The standard InChI is InChI=1S/C15H28O2/c1-2-3-4-5-6-7-8-9-10-11-12-13-14-17-15-16/h3-4,15H,2,5-14H2,1H3/b4-3-. The van der Waals surface area contributed by atoms with Crippen molar-refractivity contribution in [3.05, 3.63) is 12.2 Å². The van der Waals surface area contributed by atoms with E-state index in [9.17, 15) is 4.79 Å². The van der Waals surface area contributed by atoms with Gasteiger partial charge in [0.05, 0.1) is 6.61 Å². The quantitative estimate of drug-likeness (QED) is 0.266. The Bertz CT molecular complexity index is 176. The average molecular weight is 240 g/mol. The number of hydrogen-bond donors (Lipinski definition) is 0. The Morgan fingerprint density at radius 1 is 0.824 bits per heavy atom. The summed E-state index contributed by atoms with van der Waals surface area (Å²) >= 11 is 0. The molecule has 0 unspecified atom stereocenters. The van der Waals surface area contributed by atoms with Crippen LogP contribution in [-0.4, -0.2) is 13.1 Å². The third kappa shape index (κ3) is 15.2. The van der Waals surface area contributed by atoms with Crippen LogP contribution < -0.4 is 0 Å². The van der Waals surface area contributed by atoms with Crippen LogP contribution in [0.3, 0.4) is 0 Å². The van der Waals surface area contributed by atoms with Gasteiger partial charge in [-0.15, -0.1) is 0 Å². The van der Waals surface area contributed by atoms with Crippen molar-refractivity contribution >= 4 is 6.47 Å². The maximum Gasteiger partial charge on any atom is 0.293 e. The minimum absolute atomic E-state index is 0.535. The monoisotopic (exact) mass is 240 g/mol. The van der Waals surface area contributed by atoms with Gasteiger partial charge in [-0.25, -0.2) is 0 Å². The van der Waals surface area contributed by atoms with Gasteiger partial charge < -0.3 is 4.74 Å². The molecule has 2 heteroatoms. The number of ether oxygens (including phenoxy) is 1. The number of unbranched alkanes of at least 4 members (excludes halogenated alkanes) is 8. The number of carbonyl (C=O) groups excluding carboxylic acids is 1. The first-order valence-electron chi connectivity index (χ1n) is 7.12. The molecule has 17 heavy (non-hydrogen) atoms. The van der Waals surface area contributed by atoms with E-state index in [4.69, 9.17) is 0 Å². The van der Waals surface area contributed by atoms with E-state index in [0.29, 0.717) is 13.1 Å². The van der Waals surface area contributed by atoms with Gasteiger partial charge in [-0.05, 0) is 25.7 Å². The van der Waals surface area contributed by atoms with E-state index in [1.807, 2.05) is 0 Å². The van der Waals surface area contributed by atoms with Crippen molar-refractivity contribution < 1.29 is 9.53 Å². The largest absolute Gasteiger partial charge is 0.468 e. The number of hydrogen-bond acceptors (Lipinski definition) is 2. The van der Waals surface area contributed by atoms with Gasteiger partial charge in [0.2, 0.25) is 0 Å². The first-order valence-corrected chi connectivity index (χ1v) is 7.12. The van der Waals surface area contributed by atoms with Crippen LogP contribution in [0.15, 0.2) is 12.2 Å². The van der Waals surface area contributed by atoms with E-state index in [1.165, 1.54) is 51.4 Å². The van der Waals surface area contributed by atoms with Gasteiger partial charge in [-0.3, -0.25) is 4.79 Å². The van der Waals surface area contributed by atoms with Gasteiger partial charge in [-0.1, -0.05) is 57.6 Å². The van der Waals surface area contributed by atoms with Gasteiger partial charge in [0.15, 0.2) is 0 Å². The average Bonchev–Trinajstić information content (AvgIpc) is 2.35. The summed E-state index contributed by atoms with van der Waals surface area (Å²) < 4.78 is 4.64. The predicted octanol–water partition coefficient (Wildman–Crippen LogP) is 4.64. The highest BCUT2D eigenvalue weighted by molar-refractivity contribution is 5.36. The first kappa shape index (κ1) is 16.2. The van der Waals surface area contributed by atoms with Crippen molar-refractivity contribution in [3.8, 4) is 0 Å². The number of carbonyl (C=O) groups is 1. The molecule has 0 atom stereocenters. The fourth-order valence-electron chi connectivity index (χ4n) is 1.84. The molecular formula is C15H28O2.